The summed E-state index contributed by atoms with van der Waals surface area (Å²) < 4.78 is 0. The molecule has 2 rings (SSSR count). The standard InChI is InChI=1S/C16H23NO2/c1-10(2)17-13-7-6-11(3)8-12(13)9-14(17)16(4,5)15(18)19/h6-8,10,14H,9H2,1-5H3,(H,18,19). The topological polar surface area (TPSA) is 40.5 Å². The molecule has 104 valence electrons. The SMILES string of the molecule is Cc1ccc2c(c1)CC(C(C)(C)C(=O)O)N2C(C)C. The second-order valence-corrected chi connectivity index (χ2v) is 6.38. The molecule has 0 amide bonds. The van der Waals surface area contributed by atoms with Crippen molar-refractivity contribution in [3.63, 3.8) is 0 Å². The van der Waals surface area contributed by atoms with Gasteiger partial charge in [0, 0.05) is 17.8 Å². The molecule has 0 aliphatic carbocycles. The molecule has 0 fully saturated rings. The van der Waals surface area contributed by atoms with Crippen LogP contribution in [-0.2, 0) is 11.2 Å². The van der Waals surface area contributed by atoms with Gasteiger partial charge in [0.05, 0.1) is 5.41 Å². The smallest absolute Gasteiger partial charge is 0.311 e. The molecule has 1 N–H and O–H groups in total. The molecule has 1 atom stereocenters. The molecule has 1 aliphatic rings. The zero-order valence-corrected chi connectivity index (χ0v) is 12.4. The Hall–Kier alpha value is -1.51. The Labute approximate surface area is 115 Å². The van der Waals surface area contributed by atoms with E-state index < -0.39 is 11.4 Å². The van der Waals surface area contributed by atoms with Crippen molar-refractivity contribution in [2.24, 2.45) is 5.41 Å². The number of carboxylic acids is 1. The van der Waals surface area contributed by atoms with Crippen LogP contribution in [0.5, 0.6) is 0 Å². The third-order valence-corrected chi connectivity index (χ3v) is 4.20. The first kappa shape index (κ1) is 13.9. The summed E-state index contributed by atoms with van der Waals surface area (Å²) in [5.74, 6) is -0.729. The normalized spacial score (nSPS) is 18.8. The van der Waals surface area contributed by atoms with Gasteiger partial charge in [0.25, 0.3) is 0 Å². The molecule has 3 heteroatoms. The van der Waals surface area contributed by atoms with Crippen molar-refractivity contribution < 1.29 is 9.90 Å². The van der Waals surface area contributed by atoms with E-state index >= 15 is 0 Å². The molecule has 0 spiro atoms. The van der Waals surface area contributed by atoms with Crippen molar-refractivity contribution >= 4 is 11.7 Å². The first-order valence-corrected chi connectivity index (χ1v) is 6.86. The number of benzene rings is 1. The summed E-state index contributed by atoms with van der Waals surface area (Å²) in [5, 5.41) is 9.51. The number of aryl methyl sites for hydroxylation is 1. The van der Waals surface area contributed by atoms with Crippen LogP contribution in [0.4, 0.5) is 5.69 Å². The molecule has 1 unspecified atom stereocenters. The molecule has 19 heavy (non-hydrogen) atoms. The summed E-state index contributed by atoms with van der Waals surface area (Å²) in [6.45, 7) is 9.98. The third-order valence-electron chi connectivity index (χ3n) is 4.20. The lowest BCUT2D eigenvalue weighted by Gasteiger charge is -2.39. The van der Waals surface area contributed by atoms with E-state index in [1.807, 2.05) is 13.8 Å². The number of hydrogen-bond acceptors (Lipinski definition) is 2. The van der Waals surface area contributed by atoms with Crippen molar-refractivity contribution in [1.29, 1.82) is 0 Å². The van der Waals surface area contributed by atoms with Gasteiger partial charge in [-0.2, -0.15) is 0 Å². The molecule has 0 saturated heterocycles. The van der Waals surface area contributed by atoms with Crippen molar-refractivity contribution in [3.8, 4) is 0 Å². The molecule has 1 heterocycles. The molecule has 0 aromatic heterocycles. The molecular formula is C16H23NO2. The Bertz CT molecular complexity index is 505. The minimum absolute atomic E-state index is 0.0156. The maximum atomic E-state index is 11.6. The van der Waals surface area contributed by atoms with Gasteiger partial charge in [-0.3, -0.25) is 4.79 Å². The van der Waals surface area contributed by atoms with E-state index in [2.05, 4.69) is 43.9 Å². The summed E-state index contributed by atoms with van der Waals surface area (Å²) in [6.07, 6.45) is 0.814. The van der Waals surface area contributed by atoms with Crippen LogP contribution in [0.2, 0.25) is 0 Å². The van der Waals surface area contributed by atoms with Crippen LogP contribution in [-0.4, -0.2) is 23.2 Å². The van der Waals surface area contributed by atoms with E-state index in [0.717, 1.165) is 6.42 Å². The summed E-state index contributed by atoms with van der Waals surface area (Å²) in [6, 6.07) is 6.73. The predicted octanol–water partition coefficient (Wildman–Crippen LogP) is 3.25. The largest absolute Gasteiger partial charge is 0.481 e. The molecule has 1 aromatic carbocycles. The average molecular weight is 261 g/mol. The van der Waals surface area contributed by atoms with Crippen LogP contribution in [0.1, 0.15) is 38.8 Å². The van der Waals surface area contributed by atoms with Gasteiger partial charge >= 0.3 is 5.97 Å². The second-order valence-electron chi connectivity index (χ2n) is 6.38. The maximum Gasteiger partial charge on any atom is 0.311 e. The number of carboxylic acid groups (broad SMARTS) is 1. The number of fused-ring (bicyclic) bond motifs is 1. The molecule has 0 radical (unpaired) electrons. The average Bonchev–Trinajstić information content (AvgIpc) is 2.67. The lowest BCUT2D eigenvalue weighted by Crippen LogP contribution is -2.50. The van der Waals surface area contributed by atoms with E-state index in [1.165, 1.54) is 16.8 Å². The maximum absolute atomic E-state index is 11.6. The van der Waals surface area contributed by atoms with E-state index in [1.54, 1.807) is 0 Å². The quantitative estimate of drug-likeness (QED) is 0.908. The van der Waals surface area contributed by atoms with Gasteiger partial charge in [-0.25, -0.2) is 0 Å². The van der Waals surface area contributed by atoms with Gasteiger partial charge in [0.2, 0.25) is 0 Å². The first-order valence-electron chi connectivity index (χ1n) is 6.86. The molecule has 3 nitrogen and oxygen atoms in total. The summed E-state index contributed by atoms with van der Waals surface area (Å²) >= 11 is 0. The van der Waals surface area contributed by atoms with Crippen molar-refractivity contribution in [3.05, 3.63) is 29.3 Å². The first-order chi connectivity index (χ1) is 8.75. The van der Waals surface area contributed by atoms with E-state index in [-0.39, 0.29) is 6.04 Å². The third kappa shape index (κ3) is 2.22. The van der Waals surface area contributed by atoms with E-state index in [4.69, 9.17) is 0 Å². The van der Waals surface area contributed by atoms with Crippen molar-refractivity contribution in [1.82, 2.24) is 0 Å². The molecule has 1 aliphatic heterocycles. The monoisotopic (exact) mass is 261 g/mol. The predicted molar refractivity (Wildman–Crippen MR) is 77.7 cm³/mol. The Kier molecular flexibility index (Phi) is 3.33. The Balaban J connectivity index is 2.47. The zero-order valence-electron chi connectivity index (χ0n) is 12.4. The van der Waals surface area contributed by atoms with Gasteiger partial charge in [0.1, 0.15) is 0 Å². The number of anilines is 1. The number of hydrogen-bond donors (Lipinski definition) is 1. The Morgan fingerprint density at radius 2 is 2.05 bits per heavy atom. The second kappa shape index (κ2) is 4.55. The van der Waals surface area contributed by atoms with E-state index in [0.29, 0.717) is 6.04 Å². The molecular weight excluding hydrogens is 238 g/mol. The van der Waals surface area contributed by atoms with Gasteiger partial charge in [-0.1, -0.05) is 17.7 Å². The minimum atomic E-state index is -0.753. The molecule has 1 aromatic rings. The van der Waals surface area contributed by atoms with Crippen LogP contribution in [0.3, 0.4) is 0 Å². The number of carbonyl (C=O) groups is 1. The Morgan fingerprint density at radius 3 is 2.58 bits per heavy atom. The number of rotatable bonds is 3. The van der Waals surface area contributed by atoms with Crippen LogP contribution >= 0.6 is 0 Å². The number of nitrogens with zero attached hydrogens (tertiary/aromatic N) is 1. The fourth-order valence-corrected chi connectivity index (χ4v) is 2.99. The zero-order chi connectivity index (χ0) is 14.4. The Morgan fingerprint density at radius 1 is 1.42 bits per heavy atom. The van der Waals surface area contributed by atoms with Gasteiger partial charge in [-0.05, 0) is 52.7 Å². The van der Waals surface area contributed by atoms with Crippen molar-refractivity contribution in [2.75, 3.05) is 4.90 Å². The highest BCUT2D eigenvalue weighted by Crippen LogP contribution is 2.41. The van der Waals surface area contributed by atoms with Gasteiger partial charge in [0.15, 0.2) is 0 Å². The lowest BCUT2D eigenvalue weighted by atomic mass is 9.82. The molecule has 0 saturated carbocycles. The molecule has 0 bridgehead atoms. The highest BCUT2D eigenvalue weighted by Gasteiger charge is 2.45. The fourth-order valence-electron chi connectivity index (χ4n) is 2.99. The lowest BCUT2D eigenvalue weighted by molar-refractivity contribution is -0.148. The van der Waals surface area contributed by atoms with E-state index in [9.17, 15) is 9.90 Å². The van der Waals surface area contributed by atoms with Crippen molar-refractivity contribution in [2.45, 2.75) is 53.1 Å². The van der Waals surface area contributed by atoms with Gasteiger partial charge in [-0.15, -0.1) is 0 Å². The van der Waals surface area contributed by atoms with Crippen LogP contribution in [0.25, 0.3) is 0 Å². The number of aliphatic carboxylic acids is 1. The van der Waals surface area contributed by atoms with Crippen LogP contribution in [0, 0.1) is 12.3 Å². The highest BCUT2D eigenvalue weighted by molar-refractivity contribution is 5.77. The summed E-state index contributed by atoms with van der Waals surface area (Å²) in [4.78, 5) is 13.8. The summed E-state index contributed by atoms with van der Waals surface area (Å²) in [7, 11) is 0. The van der Waals surface area contributed by atoms with Crippen LogP contribution in [0.15, 0.2) is 18.2 Å². The van der Waals surface area contributed by atoms with Crippen LogP contribution < -0.4 is 4.90 Å². The van der Waals surface area contributed by atoms with Gasteiger partial charge < -0.3 is 10.0 Å². The minimum Gasteiger partial charge on any atom is -0.481 e. The highest BCUT2D eigenvalue weighted by atomic mass is 16.4. The summed E-state index contributed by atoms with van der Waals surface area (Å²) in [5.41, 5.74) is 2.95. The fraction of sp³-hybridized carbons (Fsp3) is 0.562.